The lowest BCUT2D eigenvalue weighted by Gasteiger charge is -2.32. The number of piperidine rings is 1. The molecule has 7 heteroatoms. The molecule has 2 aromatic rings. The molecule has 0 bridgehead atoms. The second-order valence-corrected chi connectivity index (χ2v) is 6.11. The van der Waals surface area contributed by atoms with Crippen LogP contribution < -0.4 is 0 Å². The van der Waals surface area contributed by atoms with Crippen molar-refractivity contribution in [2.24, 2.45) is 0 Å². The number of rotatable bonds is 6. The summed E-state index contributed by atoms with van der Waals surface area (Å²) in [7, 11) is 0. The average Bonchev–Trinajstić information content (AvgIpc) is 3.12. The van der Waals surface area contributed by atoms with E-state index in [1.54, 1.807) is 6.92 Å². The summed E-state index contributed by atoms with van der Waals surface area (Å²) in [5.41, 5.74) is 2.57. The molecule has 0 aliphatic carbocycles. The molecule has 0 amide bonds. The lowest BCUT2D eigenvalue weighted by molar-refractivity contribution is -0.0151. The number of nitrogens with zero attached hydrogens (tertiary/aromatic N) is 5. The molecule has 1 saturated heterocycles. The van der Waals surface area contributed by atoms with E-state index in [1.165, 1.54) is 11.3 Å². The van der Waals surface area contributed by atoms with Crippen LogP contribution in [0.5, 0.6) is 0 Å². The Labute approximate surface area is 136 Å². The Hall–Kier alpha value is -1.73. The quantitative estimate of drug-likeness (QED) is 0.812. The van der Waals surface area contributed by atoms with Crippen LogP contribution in [0.1, 0.15) is 42.7 Å². The van der Waals surface area contributed by atoms with E-state index in [0.29, 0.717) is 18.3 Å². The minimum Gasteiger partial charge on any atom is -0.369 e. The number of hydrogen-bond donors (Lipinski definition) is 0. The van der Waals surface area contributed by atoms with Crippen molar-refractivity contribution in [3.63, 3.8) is 0 Å². The van der Waals surface area contributed by atoms with Gasteiger partial charge in [0.2, 0.25) is 5.89 Å². The van der Waals surface area contributed by atoms with Gasteiger partial charge in [0.15, 0.2) is 5.82 Å². The van der Waals surface area contributed by atoms with Crippen LogP contribution >= 0.6 is 0 Å². The van der Waals surface area contributed by atoms with Crippen molar-refractivity contribution in [2.75, 3.05) is 13.1 Å². The summed E-state index contributed by atoms with van der Waals surface area (Å²) in [6.45, 7) is 10.4. The minimum absolute atomic E-state index is 0.226. The highest BCUT2D eigenvalue weighted by Crippen LogP contribution is 2.18. The Morgan fingerprint density at radius 1 is 1.39 bits per heavy atom. The lowest BCUT2D eigenvalue weighted by atomic mass is 10.1. The molecule has 7 nitrogen and oxygen atoms in total. The highest BCUT2D eigenvalue weighted by atomic mass is 16.5. The zero-order valence-corrected chi connectivity index (χ0v) is 14.2. The van der Waals surface area contributed by atoms with Gasteiger partial charge in [-0.1, -0.05) is 5.16 Å². The maximum absolute atomic E-state index is 5.96. The fourth-order valence-electron chi connectivity index (χ4n) is 3.09. The van der Waals surface area contributed by atoms with Crippen molar-refractivity contribution in [3.8, 4) is 0 Å². The monoisotopic (exact) mass is 319 g/mol. The zero-order valence-electron chi connectivity index (χ0n) is 14.2. The van der Waals surface area contributed by atoms with Gasteiger partial charge in [-0.05, 0) is 33.2 Å². The normalized spacial score (nSPS) is 19.3. The predicted molar refractivity (Wildman–Crippen MR) is 84.8 cm³/mol. The number of likely N-dealkylation sites (tertiary alicyclic amines) is 1. The zero-order chi connectivity index (χ0) is 16.2. The maximum atomic E-state index is 5.96. The van der Waals surface area contributed by atoms with Crippen LogP contribution in [0.4, 0.5) is 0 Å². The van der Waals surface area contributed by atoms with Gasteiger partial charge in [0.05, 0.1) is 12.3 Å². The van der Waals surface area contributed by atoms with Crippen LogP contribution in [0.3, 0.4) is 0 Å². The molecule has 1 fully saturated rings. The van der Waals surface area contributed by atoms with E-state index in [-0.39, 0.29) is 6.10 Å². The van der Waals surface area contributed by atoms with Crippen LogP contribution in [0.15, 0.2) is 10.7 Å². The first kappa shape index (κ1) is 16.1. The lowest BCUT2D eigenvalue weighted by Crippen LogP contribution is -2.39. The van der Waals surface area contributed by atoms with Gasteiger partial charge in [0, 0.05) is 37.8 Å². The smallest absolute Gasteiger partial charge is 0.223 e. The van der Waals surface area contributed by atoms with E-state index >= 15 is 0 Å². The Kier molecular flexibility index (Phi) is 5.07. The molecule has 1 aliphatic heterocycles. The summed E-state index contributed by atoms with van der Waals surface area (Å²) in [6.07, 6.45) is 4.45. The number of aromatic nitrogens is 4. The van der Waals surface area contributed by atoms with E-state index in [4.69, 9.17) is 9.26 Å². The third-order valence-electron chi connectivity index (χ3n) is 4.38. The summed E-state index contributed by atoms with van der Waals surface area (Å²) >= 11 is 0. The van der Waals surface area contributed by atoms with E-state index in [9.17, 15) is 0 Å². The SMILES string of the molecule is CCn1ncc(CN2CCCC(OCc3noc(C)n3)C2)c1C. The fourth-order valence-corrected chi connectivity index (χ4v) is 3.09. The topological polar surface area (TPSA) is 69.2 Å². The molecule has 0 N–H and O–H groups in total. The van der Waals surface area contributed by atoms with Crippen molar-refractivity contribution in [3.05, 3.63) is 29.2 Å². The fraction of sp³-hybridized carbons (Fsp3) is 0.688. The Morgan fingerprint density at radius 2 is 2.26 bits per heavy atom. The van der Waals surface area contributed by atoms with Crippen molar-refractivity contribution < 1.29 is 9.26 Å². The highest BCUT2D eigenvalue weighted by molar-refractivity contribution is 5.16. The van der Waals surface area contributed by atoms with E-state index in [1.807, 2.05) is 10.9 Å². The highest BCUT2D eigenvalue weighted by Gasteiger charge is 2.22. The Bertz CT molecular complexity index is 636. The number of aryl methyl sites for hydroxylation is 2. The molecule has 0 aromatic carbocycles. The third kappa shape index (κ3) is 3.97. The molecule has 1 unspecified atom stereocenters. The van der Waals surface area contributed by atoms with Gasteiger partial charge < -0.3 is 9.26 Å². The summed E-state index contributed by atoms with van der Waals surface area (Å²) in [4.78, 5) is 6.62. The second kappa shape index (κ2) is 7.23. The minimum atomic E-state index is 0.226. The van der Waals surface area contributed by atoms with Crippen LogP contribution in [-0.4, -0.2) is 44.0 Å². The van der Waals surface area contributed by atoms with Gasteiger partial charge in [-0.25, -0.2) is 0 Å². The summed E-state index contributed by atoms with van der Waals surface area (Å²) in [5, 5.41) is 8.30. The third-order valence-corrected chi connectivity index (χ3v) is 4.38. The van der Waals surface area contributed by atoms with Crippen molar-refractivity contribution in [2.45, 2.75) is 59.4 Å². The molecule has 0 radical (unpaired) electrons. The Balaban J connectivity index is 1.52. The first-order chi connectivity index (χ1) is 11.2. The van der Waals surface area contributed by atoms with Gasteiger partial charge in [0.25, 0.3) is 0 Å². The number of ether oxygens (including phenoxy) is 1. The van der Waals surface area contributed by atoms with Gasteiger partial charge in [-0.15, -0.1) is 0 Å². The van der Waals surface area contributed by atoms with Crippen LogP contribution in [0, 0.1) is 13.8 Å². The molecule has 23 heavy (non-hydrogen) atoms. The summed E-state index contributed by atoms with van der Waals surface area (Å²) < 4.78 is 13.0. The first-order valence-corrected chi connectivity index (χ1v) is 8.30. The largest absolute Gasteiger partial charge is 0.369 e. The van der Waals surface area contributed by atoms with Crippen LogP contribution in [0.2, 0.25) is 0 Å². The molecule has 2 aromatic heterocycles. The maximum Gasteiger partial charge on any atom is 0.223 e. The number of hydrogen-bond acceptors (Lipinski definition) is 6. The molecule has 3 rings (SSSR count). The van der Waals surface area contributed by atoms with Gasteiger partial charge in [0.1, 0.15) is 6.61 Å². The molecular formula is C16H25N5O2. The molecule has 126 valence electrons. The molecule has 0 saturated carbocycles. The molecule has 0 spiro atoms. The first-order valence-electron chi connectivity index (χ1n) is 8.30. The summed E-state index contributed by atoms with van der Waals surface area (Å²) in [5.74, 6) is 1.21. The average molecular weight is 319 g/mol. The van der Waals surface area contributed by atoms with E-state index in [2.05, 4.69) is 34.0 Å². The van der Waals surface area contributed by atoms with Crippen molar-refractivity contribution >= 4 is 0 Å². The molecular weight excluding hydrogens is 294 g/mol. The second-order valence-electron chi connectivity index (χ2n) is 6.11. The molecule has 1 aliphatic rings. The van der Waals surface area contributed by atoms with E-state index < -0.39 is 0 Å². The van der Waals surface area contributed by atoms with Crippen LogP contribution in [-0.2, 0) is 24.4 Å². The molecule has 1 atom stereocenters. The van der Waals surface area contributed by atoms with Gasteiger partial charge in [-0.2, -0.15) is 10.1 Å². The van der Waals surface area contributed by atoms with Crippen molar-refractivity contribution in [1.82, 2.24) is 24.8 Å². The molecule has 3 heterocycles. The van der Waals surface area contributed by atoms with E-state index in [0.717, 1.165) is 39.0 Å². The predicted octanol–water partition coefficient (Wildman–Crippen LogP) is 2.08. The standard InChI is InChI=1S/C16H25N5O2/c1-4-21-12(2)14(8-17-21)9-20-7-5-6-15(10-20)22-11-16-18-13(3)23-19-16/h8,15H,4-7,9-11H2,1-3H3. The van der Waals surface area contributed by atoms with Crippen LogP contribution in [0.25, 0.3) is 0 Å². The Morgan fingerprint density at radius 3 is 2.96 bits per heavy atom. The van der Waals surface area contributed by atoms with Gasteiger partial charge >= 0.3 is 0 Å². The summed E-state index contributed by atoms with van der Waals surface area (Å²) in [6, 6.07) is 0. The van der Waals surface area contributed by atoms with Gasteiger partial charge in [-0.3, -0.25) is 9.58 Å². The van der Waals surface area contributed by atoms with Crippen molar-refractivity contribution in [1.29, 1.82) is 0 Å².